The predicted octanol–water partition coefficient (Wildman–Crippen LogP) is 5.68. The van der Waals surface area contributed by atoms with Gasteiger partial charge in [0.15, 0.2) is 0 Å². The number of aryl methyl sites for hydroxylation is 1. The highest BCUT2D eigenvalue weighted by Crippen LogP contribution is 2.29. The van der Waals surface area contributed by atoms with E-state index < -0.39 is 0 Å². The molecule has 1 saturated carbocycles. The number of aromatic nitrogens is 1. The van der Waals surface area contributed by atoms with E-state index in [-0.39, 0.29) is 11.9 Å². The Morgan fingerprint density at radius 3 is 2.50 bits per heavy atom. The Morgan fingerprint density at radius 1 is 1.07 bits per heavy atom. The molecule has 1 fully saturated rings. The van der Waals surface area contributed by atoms with E-state index in [4.69, 9.17) is 4.74 Å². The minimum absolute atomic E-state index is 0.00269. The number of nitrogens with one attached hydrogen (secondary N) is 1. The van der Waals surface area contributed by atoms with Gasteiger partial charge in [-0.1, -0.05) is 38.5 Å². The minimum Gasteiger partial charge on any atom is -0.489 e. The van der Waals surface area contributed by atoms with Crippen molar-refractivity contribution in [2.75, 3.05) is 0 Å². The largest absolute Gasteiger partial charge is 0.489 e. The van der Waals surface area contributed by atoms with Gasteiger partial charge in [0, 0.05) is 28.2 Å². The number of pyridine rings is 1. The molecule has 30 heavy (non-hydrogen) atoms. The van der Waals surface area contributed by atoms with E-state index in [0.717, 1.165) is 27.9 Å². The third-order valence-electron chi connectivity index (χ3n) is 6.28. The summed E-state index contributed by atoms with van der Waals surface area (Å²) >= 11 is 0. The van der Waals surface area contributed by atoms with Gasteiger partial charge in [-0.25, -0.2) is 0 Å². The van der Waals surface area contributed by atoms with Gasteiger partial charge in [-0.05, 0) is 68.0 Å². The molecule has 0 bridgehead atoms. The zero-order valence-corrected chi connectivity index (χ0v) is 18.0. The van der Waals surface area contributed by atoms with E-state index in [1.165, 1.54) is 19.3 Å². The number of hydrogen-bond donors (Lipinski definition) is 1. The number of carbonyl (C=O) groups excluding carboxylic acids is 1. The Balaban J connectivity index is 1.41. The number of fused-ring (bicyclic) bond motifs is 1. The second kappa shape index (κ2) is 8.86. The summed E-state index contributed by atoms with van der Waals surface area (Å²) in [7, 11) is 0. The highest BCUT2D eigenvalue weighted by Gasteiger charge is 2.29. The summed E-state index contributed by atoms with van der Waals surface area (Å²) in [6.07, 6.45) is 3.63. The maximum Gasteiger partial charge on any atom is 0.251 e. The van der Waals surface area contributed by atoms with Crippen molar-refractivity contribution in [2.45, 2.75) is 52.7 Å². The molecule has 4 heteroatoms. The topological polar surface area (TPSA) is 51.2 Å². The molecule has 1 N–H and O–H groups in total. The van der Waals surface area contributed by atoms with Crippen LogP contribution in [0.25, 0.3) is 10.9 Å². The summed E-state index contributed by atoms with van der Waals surface area (Å²) in [6, 6.07) is 17.9. The molecule has 1 aliphatic rings. The third kappa shape index (κ3) is 4.48. The zero-order chi connectivity index (χ0) is 21.1. The van der Waals surface area contributed by atoms with Gasteiger partial charge in [0.05, 0.1) is 5.52 Å². The van der Waals surface area contributed by atoms with Gasteiger partial charge in [0.2, 0.25) is 0 Å². The summed E-state index contributed by atoms with van der Waals surface area (Å²) in [6.45, 7) is 6.94. The molecule has 0 unspecified atom stereocenters. The monoisotopic (exact) mass is 402 g/mol. The van der Waals surface area contributed by atoms with E-state index in [1.54, 1.807) is 0 Å². The fourth-order valence-electron chi connectivity index (χ4n) is 4.58. The van der Waals surface area contributed by atoms with Crippen LogP contribution in [0.15, 0.2) is 54.6 Å². The van der Waals surface area contributed by atoms with Gasteiger partial charge in [0.1, 0.15) is 12.4 Å². The van der Waals surface area contributed by atoms with Crippen molar-refractivity contribution in [3.63, 3.8) is 0 Å². The summed E-state index contributed by atoms with van der Waals surface area (Å²) in [5, 5.41) is 4.36. The Labute approximate surface area is 178 Å². The van der Waals surface area contributed by atoms with Crippen molar-refractivity contribution >= 4 is 16.8 Å². The van der Waals surface area contributed by atoms with E-state index in [0.29, 0.717) is 24.0 Å². The average Bonchev–Trinajstić information content (AvgIpc) is 2.75. The summed E-state index contributed by atoms with van der Waals surface area (Å²) < 4.78 is 6.01. The van der Waals surface area contributed by atoms with Gasteiger partial charge in [0.25, 0.3) is 5.91 Å². The first kappa shape index (κ1) is 20.4. The van der Waals surface area contributed by atoms with E-state index in [1.807, 2.05) is 49.4 Å². The zero-order valence-electron chi connectivity index (χ0n) is 18.0. The lowest BCUT2D eigenvalue weighted by molar-refractivity contribution is 0.0880. The lowest BCUT2D eigenvalue weighted by Crippen LogP contribution is -2.45. The van der Waals surface area contributed by atoms with Crippen LogP contribution in [-0.2, 0) is 6.61 Å². The Bertz CT molecular complexity index is 1020. The maximum absolute atomic E-state index is 12.7. The van der Waals surface area contributed by atoms with Crippen molar-refractivity contribution in [1.29, 1.82) is 0 Å². The van der Waals surface area contributed by atoms with Crippen LogP contribution in [0.1, 0.15) is 54.7 Å². The van der Waals surface area contributed by atoms with Gasteiger partial charge in [-0.15, -0.1) is 0 Å². The van der Waals surface area contributed by atoms with E-state index >= 15 is 0 Å². The van der Waals surface area contributed by atoms with Crippen LogP contribution in [-0.4, -0.2) is 16.9 Å². The number of amides is 1. The molecule has 156 valence electrons. The number of carbonyl (C=O) groups is 1. The van der Waals surface area contributed by atoms with Crippen LogP contribution in [0.2, 0.25) is 0 Å². The van der Waals surface area contributed by atoms with Crippen molar-refractivity contribution < 1.29 is 9.53 Å². The molecule has 0 saturated heterocycles. The van der Waals surface area contributed by atoms with Crippen LogP contribution in [0.5, 0.6) is 5.75 Å². The number of rotatable bonds is 5. The number of ether oxygens (including phenoxy) is 1. The summed E-state index contributed by atoms with van der Waals surface area (Å²) in [5.74, 6) is 1.81. The number of hydrogen-bond acceptors (Lipinski definition) is 3. The highest BCUT2D eigenvalue weighted by molar-refractivity contribution is 5.94. The third-order valence-corrected chi connectivity index (χ3v) is 6.28. The molecule has 1 aromatic heterocycles. The highest BCUT2D eigenvalue weighted by atomic mass is 16.5. The normalized spacial score (nSPS) is 19.6. The molecule has 1 amide bonds. The quantitative estimate of drug-likeness (QED) is 0.598. The molecule has 0 aliphatic heterocycles. The molecular weight excluding hydrogens is 372 g/mol. The van der Waals surface area contributed by atoms with Crippen LogP contribution in [0, 0.1) is 18.8 Å². The summed E-state index contributed by atoms with van der Waals surface area (Å²) in [4.78, 5) is 17.3. The van der Waals surface area contributed by atoms with Crippen molar-refractivity contribution in [1.82, 2.24) is 10.3 Å². The fraction of sp³-hybridized carbons (Fsp3) is 0.385. The lowest BCUT2D eigenvalue weighted by atomic mass is 9.78. The second-order valence-electron chi connectivity index (χ2n) is 8.64. The molecule has 4 rings (SSSR count). The lowest BCUT2D eigenvalue weighted by Gasteiger charge is -2.35. The molecule has 1 heterocycles. The first-order chi connectivity index (χ1) is 14.5. The number of para-hydroxylation sites is 1. The smallest absolute Gasteiger partial charge is 0.251 e. The number of benzene rings is 2. The van der Waals surface area contributed by atoms with Gasteiger partial charge >= 0.3 is 0 Å². The van der Waals surface area contributed by atoms with Crippen LogP contribution >= 0.6 is 0 Å². The van der Waals surface area contributed by atoms with Crippen LogP contribution in [0.4, 0.5) is 0 Å². The van der Waals surface area contributed by atoms with Crippen molar-refractivity contribution in [2.24, 2.45) is 11.8 Å². The van der Waals surface area contributed by atoms with Gasteiger partial charge in [-0.3, -0.25) is 9.78 Å². The Morgan fingerprint density at radius 2 is 1.77 bits per heavy atom. The number of nitrogens with zero attached hydrogens (tertiary/aromatic N) is 1. The van der Waals surface area contributed by atoms with Gasteiger partial charge in [-0.2, -0.15) is 0 Å². The van der Waals surface area contributed by atoms with Crippen LogP contribution < -0.4 is 10.1 Å². The minimum atomic E-state index is 0.00269. The average molecular weight is 403 g/mol. The molecule has 0 radical (unpaired) electrons. The molecule has 4 nitrogen and oxygen atoms in total. The Kier molecular flexibility index (Phi) is 6.03. The molecule has 2 atom stereocenters. The fourth-order valence-corrected chi connectivity index (χ4v) is 4.58. The Hall–Kier alpha value is -2.88. The van der Waals surface area contributed by atoms with E-state index in [9.17, 15) is 4.79 Å². The molecule has 2 aromatic carbocycles. The molecule has 0 spiro atoms. The first-order valence-electron chi connectivity index (χ1n) is 10.9. The molecule has 1 aliphatic carbocycles. The van der Waals surface area contributed by atoms with E-state index in [2.05, 4.69) is 36.3 Å². The van der Waals surface area contributed by atoms with Crippen molar-refractivity contribution in [3.8, 4) is 5.75 Å². The second-order valence-corrected chi connectivity index (χ2v) is 8.64. The van der Waals surface area contributed by atoms with Crippen LogP contribution in [0.3, 0.4) is 0 Å². The first-order valence-corrected chi connectivity index (χ1v) is 10.9. The maximum atomic E-state index is 12.7. The standard InChI is InChI=1S/C26H30N2O2/c1-17-7-6-8-18(2)25(17)28-26(29)20-11-13-22(14-12-20)30-16-21-15-19(3)27-24-10-5-4-9-23(21)24/h4-5,9-15,17-18,25H,6-8,16H2,1-3H3,(H,28,29)/t17-,18-/m0/s1. The van der Waals surface area contributed by atoms with Gasteiger partial charge < -0.3 is 10.1 Å². The molecule has 3 aromatic rings. The SMILES string of the molecule is Cc1cc(COc2ccc(C(=O)NC3[C@@H](C)CCC[C@@H]3C)cc2)c2ccccc2n1. The predicted molar refractivity (Wildman–Crippen MR) is 121 cm³/mol. The summed E-state index contributed by atoms with van der Waals surface area (Å²) in [5.41, 5.74) is 3.75. The van der Waals surface area contributed by atoms with Crippen molar-refractivity contribution in [3.05, 3.63) is 71.4 Å². The molecular formula is C26H30N2O2.